The van der Waals surface area contributed by atoms with Gasteiger partial charge in [0.1, 0.15) is 23.4 Å². The van der Waals surface area contributed by atoms with Crippen LogP contribution in [0.5, 0.6) is 11.5 Å². The van der Waals surface area contributed by atoms with E-state index in [2.05, 4.69) is 10.3 Å². The summed E-state index contributed by atoms with van der Waals surface area (Å²) >= 11 is 0. The normalized spacial score (nSPS) is 22.0. The van der Waals surface area contributed by atoms with E-state index in [0.29, 0.717) is 5.75 Å². The Bertz CT molecular complexity index is 621. The van der Waals surface area contributed by atoms with Crippen LogP contribution in [0.2, 0.25) is 0 Å². The van der Waals surface area contributed by atoms with Gasteiger partial charge in [0.2, 0.25) is 0 Å². The van der Waals surface area contributed by atoms with Crippen LogP contribution in [0.15, 0.2) is 42.7 Å². The number of nitrogens with one attached hydrogen (secondary N) is 1. The number of aromatic hydroxyl groups is 1. The SMILES string of the molecule is Oc1cncc(C2NCCCC2Oc2cccc(F)c2)c1. The van der Waals surface area contributed by atoms with E-state index in [1.54, 1.807) is 24.4 Å². The van der Waals surface area contributed by atoms with E-state index in [1.807, 2.05) is 0 Å². The molecule has 2 aromatic rings. The van der Waals surface area contributed by atoms with Crippen LogP contribution in [0.25, 0.3) is 0 Å². The molecule has 1 saturated heterocycles. The highest BCUT2D eigenvalue weighted by Gasteiger charge is 2.28. The van der Waals surface area contributed by atoms with Crippen molar-refractivity contribution in [2.45, 2.75) is 25.0 Å². The van der Waals surface area contributed by atoms with Crippen molar-refractivity contribution >= 4 is 0 Å². The van der Waals surface area contributed by atoms with Crippen molar-refractivity contribution in [3.63, 3.8) is 0 Å². The average Bonchev–Trinajstić information content (AvgIpc) is 2.48. The van der Waals surface area contributed by atoms with Crippen LogP contribution in [0, 0.1) is 5.82 Å². The van der Waals surface area contributed by atoms with Crippen molar-refractivity contribution in [3.8, 4) is 11.5 Å². The maximum Gasteiger partial charge on any atom is 0.134 e. The molecule has 1 aliphatic rings. The average molecular weight is 288 g/mol. The highest BCUT2D eigenvalue weighted by Crippen LogP contribution is 2.29. The Hall–Kier alpha value is -2.14. The van der Waals surface area contributed by atoms with Gasteiger partial charge in [-0.3, -0.25) is 4.98 Å². The van der Waals surface area contributed by atoms with Gasteiger partial charge in [-0.05, 0) is 43.1 Å². The molecule has 2 unspecified atom stereocenters. The van der Waals surface area contributed by atoms with Crippen molar-refractivity contribution in [3.05, 3.63) is 54.1 Å². The van der Waals surface area contributed by atoms with Gasteiger partial charge in [-0.2, -0.15) is 0 Å². The van der Waals surface area contributed by atoms with E-state index in [9.17, 15) is 9.50 Å². The van der Waals surface area contributed by atoms with Gasteiger partial charge >= 0.3 is 0 Å². The molecule has 21 heavy (non-hydrogen) atoms. The Balaban J connectivity index is 1.81. The smallest absolute Gasteiger partial charge is 0.134 e. The third kappa shape index (κ3) is 3.31. The maximum atomic E-state index is 13.3. The number of hydrogen-bond donors (Lipinski definition) is 2. The second kappa shape index (κ2) is 6.10. The number of piperidine rings is 1. The van der Waals surface area contributed by atoms with Gasteiger partial charge in [0.25, 0.3) is 0 Å². The summed E-state index contributed by atoms with van der Waals surface area (Å²) < 4.78 is 19.2. The standard InChI is InChI=1S/C16H17FN2O2/c17-12-3-1-4-14(8-12)21-15-5-2-6-19-16(15)11-7-13(20)10-18-9-11/h1,3-4,7-10,15-16,19-20H,2,5-6H2. The fourth-order valence-electron chi connectivity index (χ4n) is 2.65. The number of ether oxygens (including phenoxy) is 1. The molecule has 110 valence electrons. The first kappa shape index (κ1) is 13.8. The molecule has 1 aliphatic heterocycles. The molecule has 2 heterocycles. The number of aromatic nitrogens is 1. The Labute approximate surface area is 122 Å². The molecule has 2 N–H and O–H groups in total. The number of rotatable bonds is 3. The van der Waals surface area contributed by atoms with Crippen LogP contribution in [0.1, 0.15) is 24.4 Å². The number of nitrogens with zero attached hydrogens (tertiary/aromatic N) is 1. The highest BCUT2D eigenvalue weighted by molar-refractivity contribution is 5.27. The molecule has 1 aromatic carbocycles. The zero-order valence-corrected chi connectivity index (χ0v) is 11.5. The first-order valence-electron chi connectivity index (χ1n) is 7.02. The quantitative estimate of drug-likeness (QED) is 0.912. The molecular formula is C16H17FN2O2. The second-order valence-electron chi connectivity index (χ2n) is 5.16. The lowest BCUT2D eigenvalue weighted by atomic mass is 9.95. The number of benzene rings is 1. The molecule has 1 aromatic heterocycles. The Kier molecular flexibility index (Phi) is 4.01. The summed E-state index contributed by atoms with van der Waals surface area (Å²) in [7, 11) is 0. The molecule has 0 spiro atoms. The predicted octanol–water partition coefficient (Wildman–Crippen LogP) is 2.80. The first-order chi connectivity index (χ1) is 10.2. The van der Waals surface area contributed by atoms with Crippen molar-refractivity contribution in [1.82, 2.24) is 10.3 Å². The topological polar surface area (TPSA) is 54.4 Å². The largest absolute Gasteiger partial charge is 0.506 e. The Morgan fingerprint density at radius 3 is 3.00 bits per heavy atom. The van der Waals surface area contributed by atoms with E-state index in [0.717, 1.165) is 24.9 Å². The number of hydrogen-bond acceptors (Lipinski definition) is 4. The molecule has 0 radical (unpaired) electrons. The van der Waals surface area contributed by atoms with Gasteiger partial charge in [0, 0.05) is 12.3 Å². The monoisotopic (exact) mass is 288 g/mol. The Morgan fingerprint density at radius 2 is 2.19 bits per heavy atom. The second-order valence-corrected chi connectivity index (χ2v) is 5.16. The predicted molar refractivity (Wildman–Crippen MR) is 76.7 cm³/mol. The molecule has 2 atom stereocenters. The summed E-state index contributed by atoms with van der Waals surface area (Å²) in [5.41, 5.74) is 0.871. The molecule has 1 fully saturated rings. The van der Waals surface area contributed by atoms with Gasteiger partial charge in [0.05, 0.1) is 12.2 Å². The molecule has 0 saturated carbocycles. The van der Waals surface area contributed by atoms with E-state index in [-0.39, 0.29) is 23.7 Å². The lowest BCUT2D eigenvalue weighted by molar-refractivity contribution is 0.119. The highest BCUT2D eigenvalue weighted by atomic mass is 19.1. The molecule has 5 heteroatoms. The molecular weight excluding hydrogens is 271 g/mol. The van der Waals surface area contributed by atoms with Gasteiger partial charge in [0.15, 0.2) is 0 Å². The van der Waals surface area contributed by atoms with Gasteiger partial charge < -0.3 is 15.2 Å². The van der Waals surface area contributed by atoms with Crippen molar-refractivity contribution in [1.29, 1.82) is 0 Å². The van der Waals surface area contributed by atoms with Crippen LogP contribution in [-0.2, 0) is 0 Å². The zero-order valence-electron chi connectivity index (χ0n) is 11.5. The van der Waals surface area contributed by atoms with E-state index in [4.69, 9.17) is 4.74 Å². The molecule has 0 aliphatic carbocycles. The van der Waals surface area contributed by atoms with E-state index < -0.39 is 0 Å². The summed E-state index contributed by atoms with van der Waals surface area (Å²) in [6.45, 7) is 0.878. The van der Waals surface area contributed by atoms with Gasteiger partial charge in [-0.1, -0.05) is 6.07 Å². The summed E-state index contributed by atoms with van der Waals surface area (Å²) in [5.74, 6) is 0.332. The molecule has 4 nitrogen and oxygen atoms in total. The fraction of sp³-hybridized carbons (Fsp3) is 0.312. The molecule has 0 bridgehead atoms. The van der Waals surface area contributed by atoms with Crippen molar-refractivity contribution < 1.29 is 14.2 Å². The number of halogens is 1. The van der Waals surface area contributed by atoms with Crippen LogP contribution < -0.4 is 10.1 Å². The lowest BCUT2D eigenvalue weighted by Crippen LogP contribution is -2.41. The van der Waals surface area contributed by atoms with Crippen LogP contribution in [-0.4, -0.2) is 22.7 Å². The van der Waals surface area contributed by atoms with Crippen molar-refractivity contribution in [2.75, 3.05) is 6.54 Å². The van der Waals surface area contributed by atoms with Crippen molar-refractivity contribution in [2.24, 2.45) is 0 Å². The van der Waals surface area contributed by atoms with E-state index in [1.165, 1.54) is 18.3 Å². The minimum Gasteiger partial charge on any atom is -0.506 e. The summed E-state index contributed by atoms with van der Waals surface area (Å²) in [6, 6.07) is 7.76. The third-order valence-corrected chi connectivity index (χ3v) is 3.59. The molecule has 0 amide bonds. The maximum absolute atomic E-state index is 13.3. The van der Waals surface area contributed by atoms with Crippen LogP contribution >= 0.6 is 0 Å². The number of pyridine rings is 1. The summed E-state index contributed by atoms with van der Waals surface area (Å²) in [4.78, 5) is 4.01. The Morgan fingerprint density at radius 1 is 1.29 bits per heavy atom. The minimum atomic E-state index is -0.313. The van der Waals surface area contributed by atoms with Crippen LogP contribution in [0.3, 0.4) is 0 Å². The third-order valence-electron chi connectivity index (χ3n) is 3.59. The van der Waals surface area contributed by atoms with Crippen LogP contribution in [0.4, 0.5) is 4.39 Å². The minimum absolute atomic E-state index is 0.0679. The molecule has 3 rings (SSSR count). The van der Waals surface area contributed by atoms with Gasteiger partial charge in [-0.25, -0.2) is 4.39 Å². The zero-order chi connectivity index (χ0) is 14.7. The summed E-state index contributed by atoms with van der Waals surface area (Å²) in [5, 5.41) is 13.0. The van der Waals surface area contributed by atoms with E-state index >= 15 is 0 Å². The first-order valence-corrected chi connectivity index (χ1v) is 7.02. The lowest BCUT2D eigenvalue weighted by Gasteiger charge is -2.33. The summed E-state index contributed by atoms with van der Waals surface area (Å²) in [6.07, 6.45) is 4.84. The fourth-order valence-corrected chi connectivity index (χ4v) is 2.65. The van der Waals surface area contributed by atoms with Gasteiger partial charge in [-0.15, -0.1) is 0 Å².